The van der Waals surface area contributed by atoms with Gasteiger partial charge in [0.2, 0.25) is 5.78 Å². The van der Waals surface area contributed by atoms with Crippen LogP contribution in [-0.2, 0) is 0 Å². The van der Waals surface area contributed by atoms with E-state index in [0.717, 1.165) is 6.07 Å². The summed E-state index contributed by atoms with van der Waals surface area (Å²) in [7, 11) is 0. The van der Waals surface area contributed by atoms with Crippen LogP contribution in [-0.4, -0.2) is 27.4 Å². The molecule has 3 N–H and O–H groups in total. The highest BCUT2D eigenvalue weighted by atomic mass is 16.4. The van der Waals surface area contributed by atoms with E-state index in [1.807, 2.05) is 0 Å². The maximum Gasteiger partial charge on any atom is 0.207 e. The fourth-order valence-electron chi connectivity index (χ4n) is 0.804. The second kappa shape index (κ2) is 3.57. The molecular weight excluding hydrogens is 174 g/mol. The number of benzene rings is 1. The van der Waals surface area contributed by atoms with Crippen molar-refractivity contribution in [2.75, 3.05) is 0 Å². The molecule has 0 heterocycles. The van der Waals surface area contributed by atoms with E-state index in [2.05, 4.69) is 5.16 Å². The highest BCUT2D eigenvalue weighted by molar-refractivity contribution is 6.35. The molecule has 5 nitrogen and oxygen atoms in total. The van der Waals surface area contributed by atoms with Gasteiger partial charge in [0.25, 0.3) is 0 Å². The summed E-state index contributed by atoms with van der Waals surface area (Å²) in [5.74, 6) is -1.26. The molecule has 68 valence electrons. The predicted octanol–water partition coefficient (Wildman–Crippen LogP) is 0.740. The average molecular weight is 181 g/mol. The van der Waals surface area contributed by atoms with Crippen LogP contribution in [0.3, 0.4) is 0 Å². The van der Waals surface area contributed by atoms with Gasteiger partial charge in [0.15, 0.2) is 11.5 Å². The smallest absolute Gasteiger partial charge is 0.207 e. The highest BCUT2D eigenvalue weighted by Crippen LogP contribution is 2.24. The van der Waals surface area contributed by atoms with Gasteiger partial charge in [0.1, 0.15) is 6.21 Å². The molecular formula is C8H7NO4. The summed E-state index contributed by atoms with van der Waals surface area (Å²) in [6, 6.07) is 3.56. The van der Waals surface area contributed by atoms with E-state index in [1.165, 1.54) is 12.1 Å². The maximum absolute atomic E-state index is 11.0. The van der Waals surface area contributed by atoms with Crippen LogP contribution in [0.4, 0.5) is 0 Å². The lowest BCUT2D eigenvalue weighted by atomic mass is 10.1. The van der Waals surface area contributed by atoms with E-state index in [4.69, 9.17) is 15.4 Å². The van der Waals surface area contributed by atoms with Gasteiger partial charge in [-0.2, -0.15) is 0 Å². The molecule has 13 heavy (non-hydrogen) atoms. The predicted molar refractivity (Wildman–Crippen MR) is 44.4 cm³/mol. The van der Waals surface area contributed by atoms with Crippen LogP contribution < -0.4 is 0 Å². The molecule has 0 unspecified atom stereocenters. The number of hydrogen-bond acceptors (Lipinski definition) is 5. The SMILES string of the molecule is O=C(C=NO)c1ccc(O)c(O)c1. The number of ketones is 1. The van der Waals surface area contributed by atoms with Gasteiger partial charge >= 0.3 is 0 Å². The lowest BCUT2D eigenvalue weighted by Crippen LogP contribution is -1.99. The third kappa shape index (κ3) is 1.96. The van der Waals surface area contributed by atoms with Crippen molar-refractivity contribution in [1.82, 2.24) is 0 Å². The minimum atomic E-state index is -0.558. The molecule has 0 spiro atoms. The van der Waals surface area contributed by atoms with E-state index >= 15 is 0 Å². The van der Waals surface area contributed by atoms with E-state index in [9.17, 15) is 4.79 Å². The third-order valence-electron chi connectivity index (χ3n) is 1.43. The molecule has 0 aliphatic rings. The number of phenols is 2. The van der Waals surface area contributed by atoms with Crippen LogP contribution >= 0.6 is 0 Å². The quantitative estimate of drug-likeness (QED) is 0.206. The zero-order valence-corrected chi connectivity index (χ0v) is 6.51. The molecule has 1 aromatic carbocycles. The topological polar surface area (TPSA) is 90.1 Å². The van der Waals surface area contributed by atoms with Crippen LogP contribution in [0.15, 0.2) is 23.4 Å². The van der Waals surface area contributed by atoms with Crippen LogP contribution in [0.5, 0.6) is 11.5 Å². The Morgan fingerprint density at radius 2 is 2.00 bits per heavy atom. The summed E-state index contributed by atoms with van der Waals surface area (Å²) < 4.78 is 0. The Morgan fingerprint density at radius 1 is 1.31 bits per heavy atom. The van der Waals surface area contributed by atoms with Crippen LogP contribution in [0.1, 0.15) is 10.4 Å². The number of carbonyl (C=O) groups excluding carboxylic acids is 1. The molecule has 0 aliphatic carbocycles. The molecule has 0 bridgehead atoms. The van der Waals surface area contributed by atoms with Crippen molar-refractivity contribution in [2.45, 2.75) is 0 Å². The summed E-state index contributed by atoms with van der Waals surface area (Å²) in [4.78, 5) is 11.0. The molecule has 0 fully saturated rings. The zero-order chi connectivity index (χ0) is 9.84. The number of Topliss-reactive ketones (excluding diaryl/α,β-unsaturated/α-hetero) is 1. The Balaban J connectivity index is 3.04. The molecule has 0 saturated carbocycles. The van der Waals surface area contributed by atoms with Crippen molar-refractivity contribution < 1.29 is 20.2 Å². The van der Waals surface area contributed by atoms with Gasteiger partial charge in [0.05, 0.1) is 0 Å². The second-order valence-electron chi connectivity index (χ2n) is 2.31. The Hall–Kier alpha value is -2.04. The largest absolute Gasteiger partial charge is 0.504 e. The van der Waals surface area contributed by atoms with Crippen LogP contribution in [0.25, 0.3) is 0 Å². The van der Waals surface area contributed by atoms with Gasteiger partial charge < -0.3 is 15.4 Å². The molecule has 0 radical (unpaired) electrons. The summed E-state index contributed by atoms with van der Waals surface area (Å²) in [6.45, 7) is 0. The maximum atomic E-state index is 11.0. The van der Waals surface area contributed by atoms with Gasteiger partial charge in [-0.3, -0.25) is 4.79 Å². The number of nitrogens with zero attached hydrogens (tertiary/aromatic N) is 1. The van der Waals surface area contributed by atoms with Gasteiger partial charge in [-0.1, -0.05) is 5.16 Å². The van der Waals surface area contributed by atoms with E-state index in [-0.39, 0.29) is 11.3 Å². The van der Waals surface area contributed by atoms with E-state index in [1.54, 1.807) is 0 Å². The summed E-state index contributed by atoms with van der Waals surface area (Å²) in [6.07, 6.45) is 0.700. The first-order valence-electron chi connectivity index (χ1n) is 3.39. The summed E-state index contributed by atoms with van der Waals surface area (Å²) >= 11 is 0. The number of aromatic hydroxyl groups is 2. The minimum Gasteiger partial charge on any atom is -0.504 e. The second-order valence-corrected chi connectivity index (χ2v) is 2.31. The Kier molecular flexibility index (Phi) is 2.49. The van der Waals surface area contributed by atoms with Gasteiger partial charge in [-0.05, 0) is 18.2 Å². The number of carbonyl (C=O) groups is 1. The van der Waals surface area contributed by atoms with Crippen molar-refractivity contribution in [1.29, 1.82) is 0 Å². The number of rotatable bonds is 2. The Labute approximate surface area is 73.6 Å². The average Bonchev–Trinajstić information content (AvgIpc) is 2.10. The minimum absolute atomic E-state index is 0.133. The Morgan fingerprint density at radius 3 is 2.54 bits per heavy atom. The summed E-state index contributed by atoms with van der Waals surface area (Å²) in [5.41, 5.74) is 0.133. The first kappa shape index (κ1) is 9.05. The third-order valence-corrected chi connectivity index (χ3v) is 1.43. The molecule has 1 rings (SSSR count). The van der Waals surface area contributed by atoms with Crippen LogP contribution in [0, 0.1) is 0 Å². The fourth-order valence-corrected chi connectivity index (χ4v) is 0.804. The van der Waals surface area contributed by atoms with Crippen molar-refractivity contribution in [3.63, 3.8) is 0 Å². The van der Waals surface area contributed by atoms with E-state index < -0.39 is 11.5 Å². The van der Waals surface area contributed by atoms with Crippen molar-refractivity contribution in [3.8, 4) is 11.5 Å². The number of oxime groups is 1. The molecule has 1 aromatic rings. The van der Waals surface area contributed by atoms with Gasteiger partial charge in [0, 0.05) is 5.56 Å². The van der Waals surface area contributed by atoms with Gasteiger partial charge in [-0.15, -0.1) is 0 Å². The molecule has 0 atom stereocenters. The van der Waals surface area contributed by atoms with Crippen molar-refractivity contribution in [3.05, 3.63) is 23.8 Å². The molecule has 5 heteroatoms. The van der Waals surface area contributed by atoms with Crippen molar-refractivity contribution in [2.24, 2.45) is 5.16 Å². The normalized spacial score (nSPS) is 10.5. The molecule has 0 saturated heterocycles. The standard InChI is InChI=1S/C8H7NO4/c10-6-2-1-5(3-7(6)11)8(12)4-9-13/h1-4,10-11,13H. The monoisotopic (exact) mass is 181 g/mol. The fraction of sp³-hybridized carbons (Fsp3) is 0. The number of hydrogen-bond donors (Lipinski definition) is 3. The van der Waals surface area contributed by atoms with Gasteiger partial charge in [-0.25, -0.2) is 0 Å². The molecule has 0 aromatic heterocycles. The van der Waals surface area contributed by atoms with E-state index in [0.29, 0.717) is 6.21 Å². The lowest BCUT2D eigenvalue weighted by molar-refractivity contribution is 0.106. The van der Waals surface area contributed by atoms with Crippen molar-refractivity contribution >= 4 is 12.0 Å². The highest BCUT2D eigenvalue weighted by Gasteiger charge is 2.06. The van der Waals surface area contributed by atoms with Crippen LogP contribution in [0.2, 0.25) is 0 Å². The first-order chi connectivity index (χ1) is 6.15. The molecule has 0 amide bonds. The lowest BCUT2D eigenvalue weighted by Gasteiger charge is -1.98. The Bertz CT molecular complexity index is 359. The first-order valence-corrected chi connectivity index (χ1v) is 3.39. The number of phenolic OH excluding ortho intramolecular Hbond substituents is 2. The zero-order valence-electron chi connectivity index (χ0n) is 6.51. The summed E-state index contributed by atoms with van der Waals surface area (Å²) in [5, 5.41) is 28.5. The molecule has 0 aliphatic heterocycles.